The molecule has 1 aromatic rings. The van der Waals surface area contributed by atoms with Crippen molar-refractivity contribution in [1.29, 1.82) is 0 Å². The van der Waals surface area contributed by atoms with Gasteiger partial charge >= 0.3 is 0 Å². The molecule has 1 rings (SSSR count). The molecule has 2 N–H and O–H groups in total. The third-order valence-electron chi connectivity index (χ3n) is 2.10. The van der Waals surface area contributed by atoms with Gasteiger partial charge in [-0.1, -0.05) is 0 Å². The van der Waals surface area contributed by atoms with Crippen molar-refractivity contribution in [2.45, 2.75) is 25.8 Å². The summed E-state index contributed by atoms with van der Waals surface area (Å²) in [5.74, 6) is 0. The zero-order valence-electron chi connectivity index (χ0n) is 8.75. The second-order valence-electron chi connectivity index (χ2n) is 3.47. The summed E-state index contributed by atoms with van der Waals surface area (Å²) in [5, 5.41) is 11.9. The maximum Gasteiger partial charge on any atom is 0.0431 e. The molecule has 0 spiro atoms. The van der Waals surface area contributed by atoms with Crippen LogP contribution in [0.5, 0.6) is 0 Å². The van der Waals surface area contributed by atoms with Gasteiger partial charge in [0.25, 0.3) is 0 Å². The van der Waals surface area contributed by atoms with Crippen LogP contribution in [0.15, 0.2) is 22.9 Å². The van der Waals surface area contributed by atoms with Crippen LogP contribution >= 0.6 is 15.9 Å². The lowest BCUT2D eigenvalue weighted by atomic mass is 10.2. The first-order valence-electron chi connectivity index (χ1n) is 5.24. The van der Waals surface area contributed by atoms with Crippen LogP contribution in [0, 0.1) is 0 Å². The van der Waals surface area contributed by atoms with Gasteiger partial charge < -0.3 is 10.4 Å². The van der Waals surface area contributed by atoms with E-state index in [4.69, 9.17) is 5.11 Å². The highest BCUT2D eigenvalue weighted by Crippen LogP contribution is 2.09. The van der Waals surface area contributed by atoms with Gasteiger partial charge in [0.1, 0.15) is 0 Å². The standard InChI is InChI=1S/C11H17BrN2O/c12-11-6-10(8-14-9-11)7-13-4-2-1-3-5-15/h6,8-9,13,15H,1-5,7H2. The average Bonchev–Trinajstić information content (AvgIpc) is 2.23. The number of nitrogens with one attached hydrogen (secondary N) is 1. The fraction of sp³-hybridized carbons (Fsp3) is 0.545. The highest BCUT2D eigenvalue weighted by molar-refractivity contribution is 9.10. The van der Waals surface area contributed by atoms with E-state index in [0.717, 1.165) is 36.8 Å². The zero-order chi connectivity index (χ0) is 10.9. The van der Waals surface area contributed by atoms with Crippen molar-refractivity contribution < 1.29 is 5.11 Å². The molecule has 4 heteroatoms. The lowest BCUT2D eigenvalue weighted by Gasteiger charge is -2.04. The molecule has 0 amide bonds. The number of hydrogen-bond acceptors (Lipinski definition) is 3. The van der Waals surface area contributed by atoms with Gasteiger partial charge in [0.2, 0.25) is 0 Å². The molecule has 0 radical (unpaired) electrons. The number of hydrogen-bond donors (Lipinski definition) is 2. The number of aliphatic hydroxyl groups is 1. The highest BCUT2D eigenvalue weighted by atomic mass is 79.9. The molecule has 84 valence electrons. The first-order chi connectivity index (χ1) is 7.33. The first-order valence-corrected chi connectivity index (χ1v) is 6.03. The van der Waals surface area contributed by atoms with E-state index in [-0.39, 0.29) is 0 Å². The molecule has 0 fully saturated rings. The van der Waals surface area contributed by atoms with Crippen LogP contribution < -0.4 is 5.32 Å². The Kier molecular flexibility index (Phi) is 6.55. The molecule has 0 aromatic carbocycles. The number of unbranched alkanes of at least 4 members (excludes halogenated alkanes) is 2. The fourth-order valence-corrected chi connectivity index (χ4v) is 1.74. The summed E-state index contributed by atoms with van der Waals surface area (Å²) in [6.07, 6.45) is 6.75. The molecule has 0 unspecified atom stereocenters. The van der Waals surface area contributed by atoms with Crippen molar-refractivity contribution in [2.24, 2.45) is 0 Å². The number of nitrogens with zero attached hydrogens (tertiary/aromatic N) is 1. The minimum Gasteiger partial charge on any atom is -0.396 e. The maximum atomic E-state index is 8.60. The summed E-state index contributed by atoms with van der Waals surface area (Å²) in [5.41, 5.74) is 1.19. The van der Waals surface area contributed by atoms with E-state index in [2.05, 4.69) is 32.3 Å². The van der Waals surface area contributed by atoms with Crippen molar-refractivity contribution in [3.63, 3.8) is 0 Å². The van der Waals surface area contributed by atoms with E-state index in [1.807, 2.05) is 6.20 Å². The Hall–Kier alpha value is -0.450. The molecule has 0 atom stereocenters. The Morgan fingerprint density at radius 3 is 2.87 bits per heavy atom. The van der Waals surface area contributed by atoms with E-state index in [9.17, 15) is 0 Å². The molecule has 1 aromatic heterocycles. The fourth-order valence-electron chi connectivity index (χ4n) is 1.32. The van der Waals surface area contributed by atoms with Gasteiger partial charge in [-0.15, -0.1) is 0 Å². The van der Waals surface area contributed by atoms with Crippen molar-refractivity contribution in [3.05, 3.63) is 28.5 Å². The lowest BCUT2D eigenvalue weighted by Crippen LogP contribution is -2.14. The van der Waals surface area contributed by atoms with Crippen LogP contribution in [0.2, 0.25) is 0 Å². The van der Waals surface area contributed by atoms with Gasteiger partial charge in [0.05, 0.1) is 0 Å². The van der Waals surface area contributed by atoms with Crippen molar-refractivity contribution in [2.75, 3.05) is 13.2 Å². The van der Waals surface area contributed by atoms with E-state index in [0.29, 0.717) is 6.61 Å². The van der Waals surface area contributed by atoms with Crippen molar-refractivity contribution in [3.8, 4) is 0 Å². The quantitative estimate of drug-likeness (QED) is 0.748. The number of rotatable bonds is 7. The summed E-state index contributed by atoms with van der Waals surface area (Å²) in [6, 6.07) is 2.06. The van der Waals surface area contributed by atoms with E-state index in [1.165, 1.54) is 5.56 Å². The number of aromatic nitrogens is 1. The second-order valence-corrected chi connectivity index (χ2v) is 4.39. The Bertz CT molecular complexity index is 281. The molecular formula is C11H17BrN2O. The maximum absolute atomic E-state index is 8.60. The molecule has 0 saturated heterocycles. The topological polar surface area (TPSA) is 45.1 Å². The summed E-state index contributed by atoms with van der Waals surface area (Å²) in [7, 11) is 0. The van der Waals surface area contributed by atoms with Gasteiger partial charge in [-0.2, -0.15) is 0 Å². The summed E-state index contributed by atoms with van der Waals surface area (Å²) < 4.78 is 1.02. The van der Waals surface area contributed by atoms with Gasteiger partial charge in [0.15, 0.2) is 0 Å². The highest BCUT2D eigenvalue weighted by Gasteiger charge is 1.94. The largest absolute Gasteiger partial charge is 0.396 e. The average molecular weight is 273 g/mol. The molecule has 0 bridgehead atoms. The Morgan fingerprint density at radius 2 is 2.13 bits per heavy atom. The zero-order valence-corrected chi connectivity index (χ0v) is 10.3. The van der Waals surface area contributed by atoms with Crippen LogP contribution in [0.3, 0.4) is 0 Å². The molecule has 0 aliphatic rings. The van der Waals surface area contributed by atoms with E-state index >= 15 is 0 Å². The first kappa shape index (κ1) is 12.6. The third-order valence-corrected chi connectivity index (χ3v) is 2.54. The van der Waals surface area contributed by atoms with Crippen LogP contribution in [-0.4, -0.2) is 23.2 Å². The van der Waals surface area contributed by atoms with Crippen LogP contribution in [0.25, 0.3) is 0 Å². The van der Waals surface area contributed by atoms with Gasteiger partial charge in [-0.25, -0.2) is 0 Å². The SMILES string of the molecule is OCCCCCNCc1cncc(Br)c1. The van der Waals surface area contributed by atoms with Gasteiger partial charge in [-0.05, 0) is 53.4 Å². The van der Waals surface area contributed by atoms with Gasteiger partial charge in [-0.3, -0.25) is 4.98 Å². The van der Waals surface area contributed by atoms with Crippen LogP contribution in [0.1, 0.15) is 24.8 Å². The summed E-state index contributed by atoms with van der Waals surface area (Å²) in [4.78, 5) is 4.09. The molecule has 3 nitrogen and oxygen atoms in total. The monoisotopic (exact) mass is 272 g/mol. The van der Waals surface area contributed by atoms with Crippen molar-refractivity contribution in [1.82, 2.24) is 10.3 Å². The molecule has 0 aliphatic carbocycles. The summed E-state index contributed by atoms with van der Waals surface area (Å²) in [6.45, 7) is 2.15. The minimum atomic E-state index is 0.301. The Morgan fingerprint density at radius 1 is 1.27 bits per heavy atom. The predicted molar refractivity (Wildman–Crippen MR) is 64.6 cm³/mol. The number of halogens is 1. The third kappa shape index (κ3) is 5.87. The predicted octanol–water partition coefficient (Wildman–Crippen LogP) is 2.10. The Labute approximate surface area is 99.1 Å². The molecule has 0 aliphatic heterocycles. The number of aliphatic hydroxyl groups excluding tert-OH is 1. The lowest BCUT2D eigenvalue weighted by molar-refractivity contribution is 0.283. The van der Waals surface area contributed by atoms with Gasteiger partial charge in [0, 0.05) is 30.0 Å². The smallest absolute Gasteiger partial charge is 0.0431 e. The molecule has 15 heavy (non-hydrogen) atoms. The van der Waals surface area contributed by atoms with E-state index in [1.54, 1.807) is 6.20 Å². The van der Waals surface area contributed by atoms with Crippen molar-refractivity contribution >= 4 is 15.9 Å². The number of pyridine rings is 1. The molecular weight excluding hydrogens is 256 g/mol. The Balaban J connectivity index is 2.10. The second kappa shape index (κ2) is 7.79. The van der Waals surface area contributed by atoms with E-state index < -0.39 is 0 Å². The van der Waals surface area contributed by atoms with Crippen LogP contribution in [-0.2, 0) is 6.54 Å². The molecule has 0 saturated carbocycles. The normalized spacial score (nSPS) is 10.5. The molecule has 1 heterocycles. The summed E-state index contributed by atoms with van der Waals surface area (Å²) >= 11 is 3.39. The van der Waals surface area contributed by atoms with Crippen LogP contribution in [0.4, 0.5) is 0 Å². The minimum absolute atomic E-state index is 0.301.